The van der Waals surface area contributed by atoms with Gasteiger partial charge in [0.1, 0.15) is 42.4 Å². The number of rotatable bonds is 8. The number of aliphatic carboxylic acids is 1. The second-order valence-corrected chi connectivity index (χ2v) is 9.15. The van der Waals surface area contributed by atoms with Crippen LogP contribution < -0.4 is 0 Å². The molecule has 2 heterocycles. The molecule has 0 unspecified atom stereocenters. The molecule has 0 spiro atoms. The largest absolute Gasteiger partial charge is 0.508 e. The number of allylic oxidation sites excluding steroid dienone is 1. The number of hydrogen-bond acceptors (Lipinski definition) is 12. The number of ether oxygens (including phenoxy) is 4. The lowest BCUT2D eigenvalue weighted by Crippen LogP contribution is -2.61. The standard InChI is InChI=1S/C25H28O13/c26-9-16-19(29)20(30)21(31)24(37-16)38-23-18-14(15(10-35-23)22(32)33)7-8-25(18,34)11-36-17(28)6-3-12-1-4-13(27)5-2-12/h1-8,10,14,16,18-21,23-24,26-27,29-31,34H,9,11H2,(H,32,33)/b6-3-/t14-,16+,18+,19+,20-,21+,23-,24-,25-/m0/s1. The van der Waals surface area contributed by atoms with E-state index in [0.717, 1.165) is 12.3 Å². The zero-order chi connectivity index (χ0) is 27.6. The summed E-state index contributed by atoms with van der Waals surface area (Å²) >= 11 is 0. The van der Waals surface area contributed by atoms with Gasteiger partial charge in [-0.1, -0.05) is 24.3 Å². The summed E-state index contributed by atoms with van der Waals surface area (Å²) in [6, 6.07) is 6.00. The van der Waals surface area contributed by atoms with Crippen LogP contribution in [0, 0.1) is 11.8 Å². The monoisotopic (exact) mass is 536 g/mol. The maximum atomic E-state index is 12.3. The van der Waals surface area contributed by atoms with Crippen LogP contribution in [0.4, 0.5) is 0 Å². The lowest BCUT2D eigenvalue weighted by atomic mass is 9.79. The van der Waals surface area contributed by atoms with Crippen molar-refractivity contribution in [3.63, 3.8) is 0 Å². The Morgan fingerprint density at radius 2 is 1.76 bits per heavy atom. The van der Waals surface area contributed by atoms with Crippen molar-refractivity contribution in [2.45, 2.75) is 42.6 Å². The molecule has 1 aromatic rings. The van der Waals surface area contributed by atoms with E-state index in [4.69, 9.17) is 18.9 Å². The van der Waals surface area contributed by atoms with E-state index in [9.17, 15) is 45.3 Å². The van der Waals surface area contributed by atoms with Crippen LogP contribution in [0.15, 0.2) is 54.3 Å². The fourth-order valence-electron chi connectivity index (χ4n) is 4.57. The highest BCUT2D eigenvalue weighted by atomic mass is 16.8. The molecule has 13 heteroatoms. The molecule has 0 amide bonds. The number of hydrogen-bond donors (Lipinski definition) is 7. The summed E-state index contributed by atoms with van der Waals surface area (Å²) in [5, 5.41) is 70.1. The van der Waals surface area contributed by atoms with Crippen LogP contribution in [0.5, 0.6) is 5.75 Å². The Bertz CT molecular complexity index is 1110. The lowest BCUT2D eigenvalue weighted by Gasteiger charge is -2.44. The summed E-state index contributed by atoms with van der Waals surface area (Å²) in [6.45, 7) is -1.32. The Balaban J connectivity index is 1.50. The van der Waals surface area contributed by atoms with Gasteiger partial charge in [-0.3, -0.25) is 0 Å². The van der Waals surface area contributed by atoms with E-state index >= 15 is 0 Å². The van der Waals surface area contributed by atoms with Gasteiger partial charge in [0.2, 0.25) is 6.29 Å². The molecule has 1 aliphatic carbocycles. The van der Waals surface area contributed by atoms with E-state index < -0.39 is 79.6 Å². The number of phenols is 1. The Labute approximate surface area is 216 Å². The van der Waals surface area contributed by atoms with Crippen molar-refractivity contribution < 1.29 is 64.3 Å². The van der Waals surface area contributed by atoms with Gasteiger partial charge in [-0.15, -0.1) is 0 Å². The first-order chi connectivity index (χ1) is 18.0. The maximum Gasteiger partial charge on any atom is 0.335 e. The van der Waals surface area contributed by atoms with Crippen molar-refractivity contribution in [1.82, 2.24) is 0 Å². The SMILES string of the molecule is O=C(/C=C\c1ccc(O)cc1)OC[C@@]1(O)C=C[C@H]2C(C(=O)O)=CO[C@@H](O[C@@H]3O[C@H](CO)[C@@H](O)[C@H](O)[C@H]3O)[C@@H]21. The van der Waals surface area contributed by atoms with Crippen LogP contribution in [-0.4, -0.2) is 103 Å². The van der Waals surface area contributed by atoms with Gasteiger partial charge in [0.15, 0.2) is 6.29 Å². The van der Waals surface area contributed by atoms with E-state index in [2.05, 4.69) is 0 Å². The summed E-state index contributed by atoms with van der Waals surface area (Å²) in [5.74, 6) is -4.23. The molecule has 1 aromatic carbocycles. The Morgan fingerprint density at radius 1 is 1.05 bits per heavy atom. The number of aromatic hydroxyl groups is 1. The molecule has 4 rings (SSSR count). The predicted molar refractivity (Wildman–Crippen MR) is 125 cm³/mol. The number of aliphatic hydroxyl groups excluding tert-OH is 4. The molecule has 206 valence electrons. The van der Waals surface area contributed by atoms with E-state index in [1.807, 2.05) is 0 Å². The minimum absolute atomic E-state index is 0.0551. The summed E-state index contributed by atoms with van der Waals surface area (Å²) in [6.07, 6.45) is -3.40. The topological polar surface area (TPSA) is 213 Å². The Morgan fingerprint density at radius 3 is 2.42 bits per heavy atom. The number of phenolic OH excluding ortho intramolecular Hbond substituents is 1. The van der Waals surface area contributed by atoms with Crippen molar-refractivity contribution in [2.24, 2.45) is 11.8 Å². The summed E-state index contributed by atoms with van der Waals surface area (Å²) in [7, 11) is 0. The quantitative estimate of drug-likeness (QED) is 0.116. The van der Waals surface area contributed by atoms with Gasteiger partial charge in [0, 0.05) is 12.0 Å². The number of carboxylic acids is 1. The average molecular weight is 536 g/mol. The van der Waals surface area contributed by atoms with Crippen molar-refractivity contribution >= 4 is 18.0 Å². The van der Waals surface area contributed by atoms with Crippen molar-refractivity contribution in [3.8, 4) is 5.75 Å². The van der Waals surface area contributed by atoms with Gasteiger partial charge >= 0.3 is 11.9 Å². The second-order valence-electron chi connectivity index (χ2n) is 9.15. The normalized spacial score (nSPS) is 36.4. The van der Waals surface area contributed by atoms with Crippen LogP contribution in [-0.2, 0) is 28.5 Å². The zero-order valence-electron chi connectivity index (χ0n) is 19.8. The van der Waals surface area contributed by atoms with E-state index in [1.165, 1.54) is 30.4 Å². The molecule has 3 aliphatic rings. The third-order valence-corrected chi connectivity index (χ3v) is 6.65. The lowest BCUT2D eigenvalue weighted by molar-refractivity contribution is -0.346. The predicted octanol–water partition coefficient (Wildman–Crippen LogP) is -1.38. The third-order valence-electron chi connectivity index (χ3n) is 6.65. The van der Waals surface area contributed by atoms with Crippen molar-refractivity contribution in [3.05, 3.63) is 59.9 Å². The summed E-state index contributed by atoms with van der Waals surface area (Å²) in [5.41, 5.74) is -1.58. The van der Waals surface area contributed by atoms with Crippen molar-refractivity contribution in [1.29, 1.82) is 0 Å². The number of aliphatic hydroxyl groups is 5. The molecule has 1 saturated heterocycles. The molecule has 0 aromatic heterocycles. The average Bonchev–Trinajstić information content (AvgIpc) is 3.25. The third kappa shape index (κ3) is 5.59. The molecule has 0 saturated carbocycles. The number of carbonyl (C=O) groups excluding carboxylic acids is 1. The van der Waals surface area contributed by atoms with Gasteiger partial charge in [0.05, 0.1) is 24.4 Å². The minimum Gasteiger partial charge on any atom is -0.508 e. The second kappa shape index (κ2) is 11.2. The molecule has 9 atom stereocenters. The number of fused-ring (bicyclic) bond motifs is 1. The molecular weight excluding hydrogens is 508 g/mol. The molecule has 0 bridgehead atoms. The first kappa shape index (κ1) is 27.7. The number of carbonyl (C=O) groups is 2. The van der Waals surface area contributed by atoms with Gasteiger partial charge in [-0.2, -0.15) is 0 Å². The van der Waals surface area contributed by atoms with Crippen LogP contribution in [0.1, 0.15) is 5.56 Å². The molecule has 7 N–H and O–H groups in total. The van der Waals surface area contributed by atoms with E-state index in [1.54, 1.807) is 12.1 Å². The molecular formula is C25H28O13. The van der Waals surface area contributed by atoms with Gasteiger partial charge in [-0.05, 0) is 23.8 Å². The first-order valence-corrected chi connectivity index (χ1v) is 11.6. The minimum atomic E-state index is -1.97. The first-order valence-electron chi connectivity index (χ1n) is 11.6. The number of benzene rings is 1. The maximum absolute atomic E-state index is 12.3. The Hall–Kier alpha value is -3.30. The zero-order valence-corrected chi connectivity index (χ0v) is 19.8. The highest BCUT2D eigenvalue weighted by molar-refractivity contribution is 5.88. The molecule has 38 heavy (non-hydrogen) atoms. The summed E-state index contributed by atoms with van der Waals surface area (Å²) in [4.78, 5) is 24.1. The molecule has 1 fully saturated rings. The molecule has 0 radical (unpaired) electrons. The fraction of sp³-hybridized carbons (Fsp3) is 0.440. The highest BCUT2D eigenvalue weighted by Crippen LogP contribution is 2.45. The molecule has 2 aliphatic heterocycles. The van der Waals surface area contributed by atoms with Crippen LogP contribution in [0.3, 0.4) is 0 Å². The van der Waals surface area contributed by atoms with Gasteiger partial charge < -0.3 is 54.7 Å². The fourth-order valence-corrected chi connectivity index (χ4v) is 4.57. The number of carboxylic acid groups (broad SMARTS) is 1. The van der Waals surface area contributed by atoms with E-state index in [0.29, 0.717) is 5.56 Å². The van der Waals surface area contributed by atoms with Crippen LogP contribution in [0.2, 0.25) is 0 Å². The van der Waals surface area contributed by atoms with E-state index in [-0.39, 0.29) is 11.3 Å². The van der Waals surface area contributed by atoms with Crippen LogP contribution in [0.25, 0.3) is 6.08 Å². The summed E-state index contributed by atoms with van der Waals surface area (Å²) < 4.78 is 21.6. The highest BCUT2D eigenvalue weighted by Gasteiger charge is 2.56. The molecule has 13 nitrogen and oxygen atoms in total. The van der Waals surface area contributed by atoms with Gasteiger partial charge in [-0.25, -0.2) is 9.59 Å². The van der Waals surface area contributed by atoms with Gasteiger partial charge in [0.25, 0.3) is 0 Å². The number of esters is 1. The van der Waals surface area contributed by atoms with Crippen molar-refractivity contribution in [2.75, 3.05) is 13.2 Å². The Kier molecular flexibility index (Phi) is 8.18. The smallest absolute Gasteiger partial charge is 0.335 e. The van der Waals surface area contributed by atoms with Crippen LogP contribution >= 0.6 is 0 Å².